The molecule has 3 nitrogen and oxygen atoms in total. The third-order valence-electron chi connectivity index (χ3n) is 3.70. The van der Waals surface area contributed by atoms with Gasteiger partial charge in [-0.2, -0.15) is 0 Å². The van der Waals surface area contributed by atoms with Gasteiger partial charge in [-0.15, -0.1) is 0 Å². The molecule has 0 spiro atoms. The van der Waals surface area contributed by atoms with Gasteiger partial charge in [-0.05, 0) is 31.7 Å². The fourth-order valence-electron chi connectivity index (χ4n) is 2.81. The summed E-state index contributed by atoms with van der Waals surface area (Å²) in [5, 5.41) is 3.57. The molecular formula is C12H22N2O. The van der Waals surface area contributed by atoms with Crippen molar-refractivity contribution in [3.63, 3.8) is 0 Å². The lowest BCUT2D eigenvalue weighted by Gasteiger charge is -2.42. The number of nitrogens with zero attached hydrogens (tertiary/aromatic N) is 1. The largest absolute Gasteiger partial charge is 0.342 e. The summed E-state index contributed by atoms with van der Waals surface area (Å²) in [6, 6.07) is 0.676. The van der Waals surface area contributed by atoms with Crippen LogP contribution in [0.15, 0.2) is 0 Å². The minimum Gasteiger partial charge on any atom is -0.342 e. The van der Waals surface area contributed by atoms with E-state index < -0.39 is 0 Å². The van der Waals surface area contributed by atoms with Crippen molar-refractivity contribution in [1.29, 1.82) is 0 Å². The summed E-state index contributed by atoms with van der Waals surface area (Å²) in [4.78, 5) is 13.9. The van der Waals surface area contributed by atoms with Crippen molar-refractivity contribution in [2.24, 2.45) is 11.8 Å². The Bertz CT molecular complexity index is 240. The number of hydrogen-bond donors (Lipinski definition) is 1. The molecule has 86 valence electrons. The zero-order valence-electron chi connectivity index (χ0n) is 9.83. The maximum atomic E-state index is 11.9. The first-order valence-electron chi connectivity index (χ1n) is 6.20. The molecule has 2 fully saturated rings. The number of carbonyl (C=O) groups is 1. The van der Waals surface area contributed by atoms with E-state index in [1.807, 2.05) is 13.8 Å². The normalized spacial score (nSPS) is 31.5. The maximum absolute atomic E-state index is 11.9. The van der Waals surface area contributed by atoms with Gasteiger partial charge in [0.1, 0.15) is 0 Å². The van der Waals surface area contributed by atoms with Gasteiger partial charge in [-0.25, -0.2) is 0 Å². The first-order valence-corrected chi connectivity index (χ1v) is 6.20. The van der Waals surface area contributed by atoms with Gasteiger partial charge in [0.2, 0.25) is 5.91 Å². The molecule has 2 rings (SSSR count). The molecule has 2 aliphatic rings. The Morgan fingerprint density at radius 1 is 1.40 bits per heavy atom. The van der Waals surface area contributed by atoms with Crippen molar-refractivity contribution in [3.8, 4) is 0 Å². The number of amides is 1. The average Bonchev–Trinajstić information content (AvgIpc) is 2.27. The van der Waals surface area contributed by atoms with Crippen molar-refractivity contribution in [3.05, 3.63) is 0 Å². The van der Waals surface area contributed by atoms with Crippen LogP contribution in [0.1, 0.15) is 33.1 Å². The van der Waals surface area contributed by atoms with E-state index in [4.69, 9.17) is 0 Å². The highest BCUT2D eigenvalue weighted by atomic mass is 16.2. The van der Waals surface area contributed by atoms with Crippen LogP contribution in [0, 0.1) is 11.8 Å². The SMILES string of the molecule is CC(C)C(=O)N1CC[C@H]2NCCC[C@@H]2C1. The standard InChI is InChI=1S/C12H22N2O/c1-9(2)12(15)14-7-5-11-10(8-14)4-3-6-13-11/h9-11,13H,3-8H2,1-2H3/t10-,11-/m1/s1. The predicted molar refractivity (Wildman–Crippen MR) is 60.5 cm³/mol. The van der Waals surface area contributed by atoms with E-state index in [-0.39, 0.29) is 5.92 Å². The highest BCUT2D eigenvalue weighted by Crippen LogP contribution is 2.25. The van der Waals surface area contributed by atoms with Gasteiger partial charge in [0, 0.05) is 25.0 Å². The Balaban J connectivity index is 1.93. The zero-order chi connectivity index (χ0) is 10.8. The van der Waals surface area contributed by atoms with E-state index in [0.29, 0.717) is 17.9 Å². The molecule has 0 saturated carbocycles. The van der Waals surface area contributed by atoms with Crippen molar-refractivity contribution < 1.29 is 4.79 Å². The van der Waals surface area contributed by atoms with Crippen LogP contribution in [-0.2, 0) is 4.79 Å². The van der Waals surface area contributed by atoms with Gasteiger partial charge in [-0.1, -0.05) is 13.8 Å². The minimum atomic E-state index is 0.151. The lowest BCUT2D eigenvalue weighted by Crippen LogP contribution is -2.54. The molecule has 3 heteroatoms. The highest BCUT2D eigenvalue weighted by molar-refractivity contribution is 5.78. The van der Waals surface area contributed by atoms with E-state index in [2.05, 4.69) is 10.2 Å². The molecule has 2 heterocycles. The number of likely N-dealkylation sites (tertiary alicyclic amines) is 1. The van der Waals surface area contributed by atoms with Crippen LogP contribution in [0.3, 0.4) is 0 Å². The van der Waals surface area contributed by atoms with E-state index in [0.717, 1.165) is 19.5 Å². The van der Waals surface area contributed by atoms with Crippen LogP contribution >= 0.6 is 0 Å². The van der Waals surface area contributed by atoms with Crippen molar-refractivity contribution in [2.75, 3.05) is 19.6 Å². The van der Waals surface area contributed by atoms with Gasteiger partial charge in [0.25, 0.3) is 0 Å². The first-order chi connectivity index (χ1) is 7.18. The fourth-order valence-corrected chi connectivity index (χ4v) is 2.81. The lowest BCUT2D eigenvalue weighted by molar-refractivity contribution is -0.136. The highest BCUT2D eigenvalue weighted by Gasteiger charge is 2.33. The zero-order valence-corrected chi connectivity index (χ0v) is 9.83. The molecule has 0 aromatic heterocycles. The Kier molecular flexibility index (Phi) is 3.29. The Hall–Kier alpha value is -0.570. The number of nitrogens with one attached hydrogen (secondary N) is 1. The maximum Gasteiger partial charge on any atom is 0.225 e. The third-order valence-corrected chi connectivity index (χ3v) is 3.70. The summed E-state index contributed by atoms with van der Waals surface area (Å²) >= 11 is 0. The summed E-state index contributed by atoms with van der Waals surface area (Å²) in [7, 11) is 0. The van der Waals surface area contributed by atoms with E-state index in [1.165, 1.54) is 19.4 Å². The Labute approximate surface area is 92.2 Å². The second-order valence-corrected chi connectivity index (χ2v) is 5.19. The third kappa shape index (κ3) is 2.33. The molecule has 0 radical (unpaired) electrons. The van der Waals surface area contributed by atoms with E-state index in [1.54, 1.807) is 0 Å². The molecule has 0 unspecified atom stereocenters. The number of fused-ring (bicyclic) bond motifs is 1. The van der Waals surface area contributed by atoms with Crippen molar-refractivity contribution >= 4 is 5.91 Å². The van der Waals surface area contributed by atoms with Crippen LogP contribution in [0.4, 0.5) is 0 Å². The summed E-state index contributed by atoms with van der Waals surface area (Å²) < 4.78 is 0. The summed E-state index contributed by atoms with van der Waals surface area (Å²) in [5.74, 6) is 1.19. The second kappa shape index (κ2) is 4.52. The van der Waals surface area contributed by atoms with Crippen LogP contribution in [-0.4, -0.2) is 36.5 Å². The van der Waals surface area contributed by atoms with Crippen molar-refractivity contribution in [2.45, 2.75) is 39.2 Å². The molecule has 0 aromatic carbocycles. The summed E-state index contributed by atoms with van der Waals surface area (Å²) in [5.41, 5.74) is 0. The molecule has 15 heavy (non-hydrogen) atoms. The number of rotatable bonds is 1. The monoisotopic (exact) mass is 210 g/mol. The van der Waals surface area contributed by atoms with Gasteiger partial charge < -0.3 is 10.2 Å². The van der Waals surface area contributed by atoms with Crippen molar-refractivity contribution in [1.82, 2.24) is 10.2 Å². The van der Waals surface area contributed by atoms with Gasteiger partial charge in [0.15, 0.2) is 0 Å². The quantitative estimate of drug-likeness (QED) is 0.706. The average molecular weight is 210 g/mol. The molecule has 2 aliphatic heterocycles. The summed E-state index contributed by atoms with van der Waals surface area (Å²) in [6.45, 7) is 7.08. The van der Waals surface area contributed by atoms with Crippen LogP contribution in [0.5, 0.6) is 0 Å². The number of hydrogen-bond acceptors (Lipinski definition) is 2. The Morgan fingerprint density at radius 3 is 2.93 bits per heavy atom. The molecule has 0 aromatic rings. The predicted octanol–water partition coefficient (Wildman–Crippen LogP) is 1.24. The topological polar surface area (TPSA) is 32.3 Å². The second-order valence-electron chi connectivity index (χ2n) is 5.19. The van der Waals surface area contributed by atoms with Crippen LogP contribution in [0.2, 0.25) is 0 Å². The smallest absolute Gasteiger partial charge is 0.225 e. The fraction of sp³-hybridized carbons (Fsp3) is 0.917. The van der Waals surface area contributed by atoms with E-state index in [9.17, 15) is 4.79 Å². The van der Waals surface area contributed by atoms with Gasteiger partial charge in [-0.3, -0.25) is 4.79 Å². The van der Waals surface area contributed by atoms with Gasteiger partial charge >= 0.3 is 0 Å². The number of carbonyl (C=O) groups excluding carboxylic acids is 1. The van der Waals surface area contributed by atoms with Gasteiger partial charge in [0.05, 0.1) is 0 Å². The lowest BCUT2D eigenvalue weighted by atomic mass is 9.85. The molecule has 0 bridgehead atoms. The van der Waals surface area contributed by atoms with E-state index >= 15 is 0 Å². The first kappa shape index (κ1) is 10.9. The molecule has 1 N–H and O–H groups in total. The number of piperidine rings is 2. The molecular weight excluding hydrogens is 188 g/mol. The summed E-state index contributed by atoms with van der Waals surface area (Å²) in [6.07, 6.45) is 3.70. The molecule has 2 saturated heterocycles. The minimum absolute atomic E-state index is 0.151. The molecule has 0 aliphatic carbocycles. The Morgan fingerprint density at radius 2 is 2.20 bits per heavy atom. The molecule has 1 amide bonds. The van der Waals surface area contributed by atoms with Crippen LogP contribution < -0.4 is 5.32 Å². The molecule has 2 atom stereocenters. The van der Waals surface area contributed by atoms with Crippen LogP contribution in [0.25, 0.3) is 0 Å².